The molecule has 2 N–H and O–H groups in total. The lowest BCUT2D eigenvalue weighted by molar-refractivity contribution is 0.200. The van der Waals surface area contributed by atoms with Gasteiger partial charge in [0.05, 0.1) is 11.1 Å². The first-order chi connectivity index (χ1) is 7.74. The smallest absolute Gasteiger partial charge is 0.140 e. The lowest BCUT2D eigenvalue weighted by Gasteiger charge is -2.08. The minimum atomic E-state index is 0.743. The Morgan fingerprint density at radius 1 is 1.38 bits per heavy atom. The van der Waals surface area contributed by atoms with Gasteiger partial charge in [-0.2, -0.15) is 0 Å². The Kier molecular flexibility index (Phi) is 6.37. The van der Waals surface area contributed by atoms with E-state index in [0.717, 1.165) is 42.1 Å². The van der Waals surface area contributed by atoms with Crippen molar-refractivity contribution in [3.63, 3.8) is 0 Å². The number of methoxy groups -OCH3 is 1. The second-order valence-corrected chi connectivity index (χ2v) is 4.37. The van der Waals surface area contributed by atoms with E-state index in [1.807, 2.05) is 19.2 Å². The molecule has 0 aliphatic carbocycles. The Morgan fingerprint density at radius 3 is 2.88 bits per heavy atom. The molecule has 0 saturated heterocycles. The SMILES string of the molecule is COCCNCCNc1ncc(C)cc1Br. The van der Waals surface area contributed by atoms with Crippen molar-refractivity contribution < 1.29 is 4.74 Å². The Morgan fingerprint density at radius 2 is 2.19 bits per heavy atom. The van der Waals surface area contributed by atoms with Crippen molar-refractivity contribution in [3.05, 3.63) is 22.3 Å². The van der Waals surface area contributed by atoms with Gasteiger partial charge in [0.25, 0.3) is 0 Å². The van der Waals surface area contributed by atoms with Gasteiger partial charge < -0.3 is 15.4 Å². The van der Waals surface area contributed by atoms with Crippen LogP contribution in [0.3, 0.4) is 0 Å². The highest BCUT2D eigenvalue weighted by Gasteiger charge is 1.99. The van der Waals surface area contributed by atoms with Crippen molar-refractivity contribution in [2.75, 3.05) is 38.7 Å². The number of halogens is 1. The number of aryl methyl sites for hydroxylation is 1. The van der Waals surface area contributed by atoms with E-state index in [9.17, 15) is 0 Å². The number of rotatable bonds is 7. The zero-order valence-corrected chi connectivity index (χ0v) is 11.3. The fraction of sp³-hybridized carbons (Fsp3) is 0.545. The van der Waals surface area contributed by atoms with Gasteiger partial charge in [-0.25, -0.2) is 4.98 Å². The summed E-state index contributed by atoms with van der Waals surface area (Å²) in [7, 11) is 1.70. The highest BCUT2D eigenvalue weighted by atomic mass is 79.9. The molecule has 0 fully saturated rings. The van der Waals surface area contributed by atoms with Crippen LogP contribution in [0.2, 0.25) is 0 Å². The number of nitrogens with zero attached hydrogens (tertiary/aromatic N) is 1. The molecule has 0 bridgehead atoms. The van der Waals surface area contributed by atoms with Crippen LogP contribution in [0.5, 0.6) is 0 Å². The van der Waals surface area contributed by atoms with Gasteiger partial charge in [-0.1, -0.05) is 0 Å². The third kappa shape index (κ3) is 4.92. The van der Waals surface area contributed by atoms with Gasteiger partial charge in [0.1, 0.15) is 5.82 Å². The zero-order chi connectivity index (χ0) is 11.8. The molecule has 0 unspecified atom stereocenters. The third-order valence-corrected chi connectivity index (χ3v) is 2.66. The van der Waals surface area contributed by atoms with Gasteiger partial charge in [0.2, 0.25) is 0 Å². The van der Waals surface area contributed by atoms with Crippen LogP contribution in [-0.2, 0) is 4.74 Å². The summed E-state index contributed by atoms with van der Waals surface area (Å²) >= 11 is 3.48. The van der Waals surface area contributed by atoms with Crippen LogP contribution in [0, 0.1) is 6.92 Å². The number of hydrogen-bond donors (Lipinski definition) is 2. The summed E-state index contributed by atoms with van der Waals surface area (Å²) in [5.74, 6) is 0.888. The van der Waals surface area contributed by atoms with Crippen LogP contribution < -0.4 is 10.6 Å². The molecule has 4 nitrogen and oxygen atoms in total. The number of aromatic nitrogens is 1. The predicted octanol–water partition coefficient (Wildman–Crippen LogP) is 1.80. The number of hydrogen-bond acceptors (Lipinski definition) is 4. The molecule has 0 aliphatic heterocycles. The highest BCUT2D eigenvalue weighted by Crippen LogP contribution is 2.19. The lowest BCUT2D eigenvalue weighted by atomic mass is 10.3. The Bertz CT molecular complexity index is 320. The third-order valence-electron chi connectivity index (χ3n) is 2.06. The van der Waals surface area contributed by atoms with Crippen LogP contribution in [0.25, 0.3) is 0 Å². The summed E-state index contributed by atoms with van der Waals surface area (Å²) in [6, 6.07) is 2.05. The zero-order valence-electron chi connectivity index (χ0n) is 9.72. The minimum Gasteiger partial charge on any atom is -0.383 e. The standard InChI is InChI=1S/C11H18BrN3O/c1-9-7-10(12)11(15-8-9)14-4-3-13-5-6-16-2/h7-8,13H,3-6H2,1-2H3,(H,14,15). The van der Waals surface area contributed by atoms with E-state index in [0.29, 0.717) is 0 Å². The maximum atomic E-state index is 4.94. The summed E-state index contributed by atoms with van der Waals surface area (Å²) in [4.78, 5) is 4.30. The average Bonchev–Trinajstić information content (AvgIpc) is 2.26. The summed E-state index contributed by atoms with van der Waals surface area (Å²) < 4.78 is 5.94. The van der Waals surface area contributed by atoms with E-state index in [2.05, 4.69) is 31.5 Å². The molecule has 0 atom stereocenters. The molecule has 1 aromatic rings. The normalized spacial score (nSPS) is 10.4. The fourth-order valence-electron chi connectivity index (χ4n) is 1.23. The Balaban J connectivity index is 2.21. The number of pyridine rings is 1. The quantitative estimate of drug-likeness (QED) is 0.751. The first-order valence-electron chi connectivity index (χ1n) is 5.29. The van der Waals surface area contributed by atoms with Gasteiger partial charge in [-0.15, -0.1) is 0 Å². The van der Waals surface area contributed by atoms with Crippen LogP contribution >= 0.6 is 15.9 Å². The molecule has 0 spiro atoms. The molecule has 1 heterocycles. The van der Waals surface area contributed by atoms with Crippen LogP contribution in [0.4, 0.5) is 5.82 Å². The van der Waals surface area contributed by atoms with E-state index in [-0.39, 0.29) is 0 Å². The molecule has 0 aliphatic rings. The summed E-state index contributed by atoms with van der Waals surface area (Å²) in [5.41, 5.74) is 1.15. The molecule has 1 rings (SSSR count). The van der Waals surface area contributed by atoms with Crippen molar-refractivity contribution >= 4 is 21.7 Å². The van der Waals surface area contributed by atoms with Crippen molar-refractivity contribution in [1.29, 1.82) is 0 Å². The van der Waals surface area contributed by atoms with Crippen molar-refractivity contribution in [2.45, 2.75) is 6.92 Å². The van der Waals surface area contributed by atoms with Crippen molar-refractivity contribution in [1.82, 2.24) is 10.3 Å². The second kappa shape index (κ2) is 7.60. The summed E-state index contributed by atoms with van der Waals surface area (Å²) in [5, 5.41) is 6.51. The summed E-state index contributed by atoms with van der Waals surface area (Å²) in [6.07, 6.45) is 1.85. The maximum Gasteiger partial charge on any atom is 0.140 e. The van der Waals surface area contributed by atoms with E-state index in [4.69, 9.17) is 4.74 Å². The first-order valence-corrected chi connectivity index (χ1v) is 6.09. The molecule has 0 aromatic carbocycles. The fourth-order valence-corrected chi connectivity index (χ4v) is 1.84. The molecule has 1 aromatic heterocycles. The van der Waals surface area contributed by atoms with Gasteiger partial charge in [0.15, 0.2) is 0 Å². The van der Waals surface area contributed by atoms with E-state index >= 15 is 0 Å². The maximum absolute atomic E-state index is 4.94. The topological polar surface area (TPSA) is 46.2 Å². The average molecular weight is 288 g/mol. The monoisotopic (exact) mass is 287 g/mol. The lowest BCUT2D eigenvalue weighted by Crippen LogP contribution is -2.25. The molecular weight excluding hydrogens is 270 g/mol. The van der Waals surface area contributed by atoms with E-state index in [1.54, 1.807) is 7.11 Å². The van der Waals surface area contributed by atoms with Gasteiger partial charge in [0, 0.05) is 32.9 Å². The van der Waals surface area contributed by atoms with Crippen molar-refractivity contribution in [2.24, 2.45) is 0 Å². The highest BCUT2D eigenvalue weighted by molar-refractivity contribution is 9.10. The number of nitrogens with one attached hydrogen (secondary N) is 2. The Hall–Kier alpha value is -0.650. The first kappa shape index (κ1) is 13.4. The molecule has 5 heteroatoms. The van der Waals surface area contributed by atoms with Gasteiger partial charge in [-0.3, -0.25) is 0 Å². The molecular formula is C11H18BrN3O. The Labute approximate surface area is 105 Å². The predicted molar refractivity (Wildman–Crippen MR) is 69.9 cm³/mol. The van der Waals surface area contributed by atoms with Crippen LogP contribution in [-0.4, -0.2) is 38.3 Å². The largest absolute Gasteiger partial charge is 0.383 e. The van der Waals surface area contributed by atoms with E-state index in [1.165, 1.54) is 0 Å². The number of ether oxygens (including phenoxy) is 1. The molecule has 0 saturated carbocycles. The van der Waals surface area contributed by atoms with Gasteiger partial charge >= 0.3 is 0 Å². The van der Waals surface area contributed by atoms with Gasteiger partial charge in [-0.05, 0) is 34.5 Å². The molecule has 90 valence electrons. The summed E-state index contributed by atoms with van der Waals surface area (Å²) in [6.45, 7) is 5.38. The van der Waals surface area contributed by atoms with Crippen LogP contribution in [0.1, 0.15) is 5.56 Å². The van der Waals surface area contributed by atoms with Crippen LogP contribution in [0.15, 0.2) is 16.7 Å². The van der Waals surface area contributed by atoms with Crippen molar-refractivity contribution in [3.8, 4) is 0 Å². The molecule has 0 radical (unpaired) electrons. The second-order valence-electron chi connectivity index (χ2n) is 3.51. The minimum absolute atomic E-state index is 0.743. The molecule has 16 heavy (non-hydrogen) atoms. The van der Waals surface area contributed by atoms with E-state index < -0.39 is 0 Å². The number of anilines is 1. The molecule has 0 amide bonds.